The van der Waals surface area contributed by atoms with Gasteiger partial charge in [-0.05, 0) is 48.9 Å². The number of fused-ring (bicyclic) bond motifs is 1. The number of nitrogens with zero attached hydrogens (tertiary/aromatic N) is 7. The maximum absolute atomic E-state index is 4.57. The molecule has 4 heterocycles. The van der Waals surface area contributed by atoms with Gasteiger partial charge in [0.15, 0.2) is 16.6 Å². The molecular weight excluding hydrogens is 334 g/mol. The van der Waals surface area contributed by atoms with E-state index in [-0.39, 0.29) is 0 Å². The summed E-state index contributed by atoms with van der Waals surface area (Å²) in [4.78, 5) is 17.3. The van der Waals surface area contributed by atoms with E-state index < -0.39 is 0 Å². The Hall–Kier alpha value is -2.87. The SMILES string of the molecule is c1cncc(-c2nnc(Sc3ccc4nccnc4n3)n2C2CC2)c1. The Morgan fingerprint density at radius 3 is 2.76 bits per heavy atom. The second-order valence-corrected chi connectivity index (χ2v) is 6.79. The topological polar surface area (TPSA) is 82.3 Å². The van der Waals surface area contributed by atoms with Crippen LogP contribution < -0.4 is 0 Å². The molecule has 0 radical (unpaired) electrons. The Morgan fingerprint density at radius 2 is 1.92 bits per heavy atom. The molecule has 1 aliphatic rings. The van der Waals surface area contributed by atoms with Crippen molar-refractivity contribution < 1.29 is 0 Å². The largest absolute Gasteiger partial charge is 0.299 e. The molecule has 25 heavy (non-hydrogen) atoms. The lowest BCUT2D eigenvalue weighted by atomic mass is 10.3. The summed E-state index contributed by atoms with van der Waals surface area (Å²) in [5.41, 5.74) is 2.40. The standard InChI is InChI=1S/C17H13N7S/c1-2-11(10-18-7-1)16-22-23-17(24(16)12-3-4-12)25-14-6-5-13-15(21-14)20-9-8-19-13/h1-2,5-10,12H,3-4H2. The van der Waals surface area contributed by atoms with E-state index in [4.69, 9.17) is 0 Å². The van der Waals surface area contributed by atoms with Crippen molar-refractivity contribution >= 4 is 22.9 Å². The van der Waals surface area contributed by atoms with Crippen LogP contribution in [0.3, 0.4) is 0 Å². The first-order valence-electron chi connectivity index (χ1n) is 7.99. The molecule has 0 aromatic carbocycles. The Morgan fingerprint density at radius 1 is 1.00 bits per heavy atom. The molecule has 1 saturated carbocycles. The van der Waals surface area contributed by atoms with Crippen LogP contribution in [0.25, 0.3) is 22.6 Å². The summed E-state index contributed by atoms with van der Waals surface area (Å²) < 4.78 is 2.20. The second-order valence-electron chi connectivity index (χ2n) is 5.80. The molecule has 4 aromatic rings. The summed E-state index contributed by atoms with van der Waals surface area (Å²) in [7, 11) is 0. The molecule has 7 nitrogen and oxygen atoms in total. The second kappa shape index (κ2) is 5.89. The van der Waals surface area contributed by atoms with Crippen molar-refractivity contribution in [3.05, 3.63) is 49.1 Å². The lowest BCUT2D eigenvalue weighted by Gasteiger charge is -2.08. The van der Waals surface area contributed by atoms with Gasteiger partial charge in [-0.2, -0.15) is 0 Å². The zero-order valence-electron chi connectivity index (χ0n) is 13.1. The van der Waals surface area contributed by atoms with Crippen LogP contribution in [0.2, 0.25) is 0 Å². The van der Waals surface area contributed by atoms with Crippen molar-refractivity contribution in [3.63, 3.8) is 0 Å². The van der Waals surface area contributed by atoms with Crippen LogP contribution in [-0.4, -0.2) is 34.7 Å². The summed E-state index contributed by atoms with van der Waals surface area (Å²) in [6.07, 6.45) is 9.20. The van der Waals surface area contributed by atoms with Crippen molar-refractivity contribution in [3.8, 4) is 11.4 Å². The molecule has 8 heteroatoms. The molecule has 0 aliphatic heterocycles. The van der Waals surface area contributed by atoms with Gasteiger partial charge in [-0.1, -0.05) is 0 Å². The predicted molar refractivity (Wildman–Crippen MR) is 93.0 cm³/mol. The van der Waals surface area contributed by atoms with Crippen molar-refractivity contribution in [1.29, 1.82) is 0 Å². The van der Waals surface area contributed by atoms with Crippen molar-refractivity contribution in [2.24, 2.45) is 0 Å². The summed E-state index contributed by atoms with van der Waals surface area (Å²) in [6, 6.07) is 8.24. The highest BCUT2D eigenvalue weighted by atomic mass is 32.2. The summed E-state index contributed by atoms with van der Waals surface area (Å²) >= 11 is 1.50. The van der Waals surface area contributed by atoms with Gasteiger partial charge in [0.2, 0.25) is 0 Å². The highest BCUT2D eigenvalue weighted by Gasteiger charge is 2.30. The maximum Gasteiger partial charge on any atom is 0.198 e. The van der Waals surface area contributed by atoms with Crippen LogP contribution in [0.4, 0.5) is 0 Å². The molecule has 5 rings (SSSR count). The van der Waals surface area contributed by atoms with Crippen LogP contribution in [0.1, 0.15) is 18.9 Å². The lowest BCUT2D eigenvalue weighted by molar-refractivity contribution is 0.668. The number of pyridine rings is 2. The molecule has 122 valence electrons. The van der Waals surface area contributed by atoms with Gasteiger partial charge in [-0.25, -0.2) is 9.97 Å². The van der Waals surface area contributed by atoms with Crippen LogP contribution in [0.5, 0.6) is 0 Å². The van der Waals surface area contributed by atoms with E-state index >= 15 is 0 Å². The molecule has 0 atom stereocenters. The van der Waals surface area contributed by atoms with Gasteiger partial charge in [-0.3, -0.25) is 14.5 Å². The fourth-order valence-electron chi connectivity index (χ4n) is 2.69. The van der Waals surface area contributed by atoms with Gasteiger partial charge >= 0.3 is 0 Å². The molecule has 1 fully saturated rings. The van der Waals surface area contributed by atoms with Crippen LogP contribution in [0.15, 0.2) is 59.2 Å². The molecule has 0 saturated heterocycles. The third-order valence-electron chi connectivity index (χ3n) is 4.00. The van der Waals surface area contributed by atoms with Gasteiger partial charge in [0, 0.05) is 36.4 Å². The molecule has 0 spiro atoms. The first-order valence-corrected chi connectivity index (χ1v) is 8.81. The van der Waals surface area contributed by atoms with Gasteiger partial charge in [0.05, 0.1) is 0 Å². The van der Waals surface area contributed by atoms with Crippen molar-refractivity contribution in [2.45, 2.75) is 29.1 Å². The van der Waals surface area contributed by atoms with E-state index in [0.717, 1.165) is 39.9 Å². The molecule has 0 bridgehead atoms. The van der Waals surface area contributed by atoms with Gasteiger partial charge in [0.1, 0.15) is 10.5 Å². The number of hydrogen-bond donors (Lipinski definition) is 0. The average Bonchev–Trinajstić information content (AvgIpc) is 3.43. The maximum atomic E-state index is 4.57. The minimum Gasteiger partial charge on any atom is -0.299 e. The minimum atomic E-state index is 0.452. The Labute approximate surface area is 147 Å². The Balaban J connectivity index is 1.54. The first-order chi connectivity index (χ1) is 12.4. The quantitative estimate of drug-likeness (QED) is 0.561. The van der Waals surface area contributed by atoms with E-state index in [0.29, 0.717) is 11.7 Å². The van der Waals surface area contributed by atoms with Crippen LogP contribution in [-0.2, 0) is 0 Å². The summed E-state index contributed by atoms with van der Waals surface area (Å²) in [5, 5.41) is 10.5. The Kier molecular flexibility index (Phi) is 3.41. The molecular formula is C17H13N7S. The van der Waals surface area contributed by atoms with Gasteiger partial charge in [0.25, 0.3) is 0 Å². The summed E-state index contributed by atoms with van der Waals surface area (Å²) in [5.74, 6) is 0.860. The fraction of sp³-hybridized carbons (Fsp3) is 0.176. The Bertz CT molecular complexity index is 1040. The lowest BCUT2D eigenvalue weighted by Crippen LogP contribution is -2.00. The molecule has 0 amide bonds. The minimum absolute atomic E-state index is 0.452. The van der Waals surface area contributed by atoms with E-state index in [1.54, 1.807) is 18.6 Å². The third-order valence-corrected chi connectivity index (χ3v) is 4.90. The van der Waals surface area contributed by atoms with E-state index in [1.807, 2.05) is 30.5 Å². The molecule has 4 aromatic heterocycles. The third kappa shape index (κ3) is 2.74. The number of aromatic nitrogens is 7. The van der Waals surface area contributed by atoms with Crippen LogP contribution >= 0.6 is 11.8 Å². The van der Waals surface area contributed by atoms with Gasteiger partial charge < -0.3 is 0 Å². The molecule has 0 unspecified atom stereocenters. The fourth-order valence-corrected chi connectivity index (χ4v) is 3.56. The van der Waals surface area contributed by atoms with Gasteiger partial charge in [-0.15, -0.1) is 10.2 Å². The summed E-state index contributed by atoms with van der Waals surface area (Å²) in [6.45, 7) is 0. The highest BCUT2D eigenvalue weighted by molar-refractivity contribution is 7.99. The molecule has 0 N–H and O–H groups in total. The normalized spacial score (nSPS) is 14.1. The van der Waals surface area contributed by atoms with E-state index in [2.05, 4.69) is 34.7 Å². The first kappa shape index (κ1) is 14.5. The highest BCUT2D eigenvalue weighted by Crippen LogP contribution is 2.42. The zero-order valence-corrected chi connectivity index (χ0v) is 14.0. The number of hydrogen-bond acceptors (Lipinski definition) is 7. The van der Waals surface area contributed by atoms with E-state index in [1.165, 1.54) is 11.8 Å². The van der Waals surface area contributed by atoms with Crippen LogP contribution in [0, 0.1) is 0 Å². The number of rotatable bonds is 4. The average molecular weight is 347 g/mol. The predicted octanol–water partition coefficient (Wildman–Crippen LogP) is 3.16. The van der Waals surface area contributed by atoms with Crippen molar-refractivity contribution in [2.75, 3.05) is 0 Å². The molecule has 1 aliphatic carbocycles. The van der Waals surface area contributed by atoms with Crippen molar-refractivity contribution in [1.82, 2.24) is 34.7 Å². The zero-order chi connectivity index (χ0) is 16.6. The smallest absolute Gasteiger partial charge is 0.198 e. The monoisotopic (exact) mass is 347 g/mol. The van der Waals surface area contributed by atoms with E-state index in [9.17, 15) is 0 Å².